The second-order valence-corrected chi connectivity index (χ2v) is 9.19. The maximum Gasteiger partial charge on any atom is 0.232 e. The van der Waals surface area contributed by atoms with E-state index in [9.17, 15) is 17.6 Å². The molecule has 0 unspecified atom stereocenters. The zero-order chi connectivity index (χ0) is 21.6. The van der Waals surface area contributed by atoms with Gasteiger partial charge in [-0.1, -0.05) is 42.8 Å². The van der Waals surface area contributed by atoms with Crippen molar-refractivity contribution < 1.29 is 17.6 Å². The van der Waals surface area contributed by atoms with Crippen molar-refractivity contribution >= 4 is 21.6 Å². The Kier molecular flexibility index (Phi) is 7.79. The van der Waals surface area contributed by atoms with Crippen LogP contribution in [-0.4, -0.2) is 27.1 Å². The smallest absolute Gasteiger partial charge is 0.232 e. The predicted molar refractivity (Wildman–Crippen MR) is 115 cm³/mol. The van der Waals surface area contributed by atoms with Crippen LogP contribution in [0.3, 0.4) is 0 Å². The van der Waals surface area contributed by atoms with Gasteiger partial charge in [0.05, 0.1) is 18.0 Å². The molecule has 0 aromatic heterocycles. The molecule has 0 saturated carbocycles. The van der Waals surface area contributed by atoms with Crippen molar-refractivity contribution in [1.29, 1.82) is 0 Å². The number of carbonyl (C=O) groups is 1. The van der Waals surface area contributed by atoms with Gasteiger partial charge in [-0.3, -0.25) is 9.10 Å². The number of para-hydroxylation sites is 1. The molecule has 0 bridgehead atoms. The van der Waals surface area contributed by atoms with Crippen LogP contribution in [0.5, 0.6) is 0 Å². The number of anilines is 1. The SMILES string of the molecule is CC[C@@H](NC(=O)CCCN(c1ccccc1F)S(C)(=O)=O)c1ccc(C)cc1C. The quantitative estimate of drug-likeness (QED) is 0.659. The minimum Gasteiger partial charge on any atom is -0.349 e. The lowest BCUT2D eigenvalue weighted by Gasteiger charge is -2.23. The molecule has 0 heterocycles. The van der Waals surface area contributed by atoms with Gasteiger partial charge in [-0.2, -0.15) is 0 Å². The summed E-state index contributed by atoms with van der Waals surface area (Å²) in [5, 5.41) is 3.03. The van der Waals surface area contributed by atoms with Crippen molar-refractivity contribution in [2.75, 3.05) is 17.1 Å². The van der Waals surface area contributed by atoms with Gasteiger partial charge in [-0.05, 0) is 49.9 Å². The van der Waals surface area contributed by atoms with Crippen LogP contribution in [0.2, 0.25) is 0 Å². The van der Waals surface area contributed by atoms with Crippen LogP contribution >= 0.6 is 0 Å². The molecule has 1 atom stereocenters. The van der Waals surface area contributed by atoms with Gasteiger partial charge in [-0.25, -0.2) is 12.8 Å². The van der Waals surface area contributed by atoms with Gasteiger partial charge < -0.3 is 5.32 Å². The Labute approximate surface area is 173 Å². The molecule has 2 aromatic rings. The first kappa shape index (κ1) is 22.9. The monoisotopic (exact) mass is 420 g/mol. The molecule has 1 amide bonds. The number of aryl methyl sites for hydroxylation is 2. The number of rotatable bonds is 9. The van der Waals surface area contributed by atoms with E-state index < -0.39 is 15.8 Å². The predicted octanol–water partition coefficient (Wildman–Crippen LogP) is 4.26. The Morgan fingerprint density at radius 1 is 1.17 bits per heavy atom. The van der Waals surface area contributed by atoms with Crippen molar-refractivity contribution in [3.05, 3.63) is 65.0 Å². The first-order valence-electron chi connectivity index (χ1n) is 9.72. The zero-order valence-corrected chi connectivity index (χ0v) is 18.2. The standard InChI is InChI=1S/C22H29FN2O3S/c1-5-20(18-13-12-16(2)15-17(18)3)24-22(26)11-8-14-25(29(4,27)28)21-10-7-6-9-19(21)23/h6-7,9-10,12-13,15,20H,5,8,11,14H2,1-4H3,(H,24,26)/t20-/m1/s1. The molecule has 7 heteroatoms. The topological polar surface area (TPSA) is 66.5 Å². The Morgan fingerprint density at radius 3 is 2.45 bits per heavy atom. The normalized spacial score (nSPS) is 12.4. The van der Waals surface area contributed by atoms with Crippen molar-refractivity contribution in [1.82, 2.24) is 5.32 Å². The van der Waals surface area contributed by atoms with E-state index in [4.69, 9.17) is 0 Å². The summed E-state index contributed by atoms with van der Waals surface area (Å²) in [5.41, 5.74) is 3.37. The molecule has 0 aliphatic carbocycles. The summed E-state index contributed by atoms with van der Waals surface area (Å²) in [7, 11) is -3.66. The Bertz CT molecular complexity index is 960. The van der Waals surface area contributed by atoms with Crippen LogP contribution in [0.25, 0.3) is 0 Å². The number of carbonyl (C=O) groups excluding carboxylic acids is 1. The molecule has 1 N–H and O–H groups in total. The van der Waals surface area contributed by atoms with Crippen LogP contribution in [0, 0.1) is 19.7 Å². The van der Waals surface area contributed by atoms with Crippen LogP contribution < -0.4 is 9.62 Å². The molecule has 5 nitrogen and oxygen atoms in total. The Balaban J connectivity index is 2.01. The molecule has 2 rings (SSSR count). The second-order valence-electron chi connectivity index (χ2n) is 7.28. The summed E-state index contributed by atoms with van der Waals surface area (Å²) in [4.78, 5) is 12.4. The van der Waals surface area contributed by atoms with E-state index in [1.807, 2.05) is 32.9 Å². The van der Waals surface area contributed by atoms with E-state index in [0.29, 0.717) is 0 Å². The summed E-state index contributed by atoms with van der Waals surface area (Å²) in [6.45, 7) is 6.09. The fourth-order valence-electron chi connectivity index (χ4n) is 3.38. The minimum atomic E-state index is -3.66. The summed E-state index contributed by atoms with van der Waals surface area (Å²) in [6, 6.07) is 11.8. The largest absolute Gasteiger partial charge is 0.349 e. The average Bonchev–Trinajstić information content (AvgIpc) is 2.64. The number of sulfonamides is 1. The highest BCUT2D eigenvalue weighted by molar-refractivity contribution is 7.92. The molecule has 0 spiro atoms. The number of nitrogens with zero attached hydrogens (tertiary/aromatic N) is 1. The van der Waals surface area contributed by atoms with E-state index in [2.05, 4.69) is 11.4 Å². The molecule has 0 aliphatic heterocycles. The van der Waals surface area contributed by atoms with E-state index in [1.54, 1.807) is 6.07 Å². The van der Waals surface area contributed by atoms with Crippen LogP contribution in [0.4, 0.5) is 10.1 Å². The average molecular weight is 421 g/mol. The van der Waals surface area contributed by atoms with Gasteiger partial charge >= 0.3 is 0 Å². The van der Waals surface area contributed by atoms with E-state index in [1.165, 1.54) is 23.8 Å². The molecule has 0 saturated heterocycles. The van der Waals surface area contributed by atoms with Gasteiger partial charge in [-0.15, -0.1) is 0 Å². The van der Waals surface area contributed by atoms with Gasteiger partial charge in [0.2, 0.25) is 15.9 Å². The van der Waals surface area contributed by atoms with Crippen molar-refractivity contribution in [3.8, 4) is 0 Å². The lowest BCUT2D eigenvalue weighted by molar-refractivity contribution is -0.121. The minimum absolute atomic E-state index is 0.00266. The molecule has 29 heavy (non-hydrogen) atoms. The number of hydrogen-bond acceptors (Lipinski definition) is 3. The van der Waals surface area contributed by atoms with Crippen molar-refractivity contribution in [2.45, 2.75) is 46.1 Å². The van der Waals surface area contributed by atoms with Crippen LogP contribution in [0.1, 0.15) is 48.9 Å². The summed E-state index contributed by atoms with van der Waals surface area (Å²) >= 11 is 0. The first-order chi connectivity index (χ1) is 13.6. The molecule has 158 valence electrons. The first-order valence-corrected chi connectivity index (χ1v) is 11.6. The highest BCUT2D eigenvalue weighted by Crippen LogP contribution is 2.23. The van der Waals surface area contributed by atoms with Gasteiger partial charge in [0.15, 0.2) is 0 Å². The summed E-state index contributed by atoms with van der Waals surface area (Å²) in [6.07, 6.45) is 2.23. The molecule has 0 fully saturated rings. The number of halogens is 1. The maximum atomic E-state index is 14.0. The maximum absolute atomic E-state index is 14.0. The third kappa shape index (κ3) is 6.29. The van der Waals surface area contributed by atoms with Gasteiger partial charge in [0.1, 0.15) is 5.82 Å². The Hall–Kier alpha value is -2.41. The van der Waals surface area contributed by atoms with E-state index in [0.717, 1.165) is 28.1 Å². The molecular formula is C22H29FN2O3S. The van der Waals surface area contributed by atoms with Crippen molar-refractivity contribution in [3.63, 3.8) is 0 Å². The van der Waals surface area contributed by atoms with Gasteiger partial charge in [0, 0.05) is 13.0 Å². The second kappa shape index (κ2) is 9.87. The highest BCUT2D eigenvalue weighted by atomic mass is 32.2. The van der Waals surface area contributed by atoms with E-state index >= 15 is 0 Å². The van der Waals surface area contributed by atoms with Gasteiger partial charge in [0.25, 0.3) is 0 Å². The molecule has 0 aliphatic rings. The molecular weight excluding hydrogens is 391 g/mol. The highest BCUT2D eigenvalue weighted by Gasteiger charge is 2.21. The lowest BCUT2D eigenvalue weighted by atomic mass is 9.97. The number of hydrogen-bond donors (Lipinski definition) is 1. The number of amides is 1. The third-order valence-corrected chi connectivity index (χ3v) is 6.01. The van der Waals surface area contributed by atoms with Crippen LogP contribution in [0.15, 0.2) is 42.5 Å². The fraction of sp³-hybridized carbons (Fsp3) is 0.409. The lowest BCUT2D eigenvalue weighted by Crippen LogP contribution is -2.33. The van der Waals surface area contributed by atoms with Crippen LogP contribution in [-0.2, 0) is 14.8 Å². The van der Waals surface area contributed by atoms with E-state index in [-0.39, 0.29) is 37.0 Å². The molecule has 2 aromatic carbocycles. The van der Waals surface area contributed by atoms with Crippen molar-refractivity contribution in [2.24, 2.45) is 0 Å². The Morgan fingerprint density at radius 2 is 1.86 bits per heavy atom. The zero-order valence-electron chi connectivity index (χ0n) is 17.4. The third-order valence-electron chi connectivity index (χ3n) is 4.83. The molecule has 0 radical (unpaired) electrons. The number of nitrogens with one attached hydrogen (secondary N) is 1. The number of benzene rings is 2. The fourth-order valence-corrected chi connectivity index (χ4v) is 4.35. The summed E-state index contributed by atoms with van der Waals surface area (Å²) < 4.78 is 39.2. The summed E-state index contributed by atoms with van der Waals surface area (Å²) in [5.74, 6) is -0.762.